The second kappa shape index (κ2) is 9.70. The lowest BCUT2D eigenvalue weighted by atomic mass is 10.0. The summed E-state index contributed by atoms with van der Waals surface area (Å²) in [5.41, 5.74) is 0. The highest BCUT2D eigenvalue weighted by atomic mass is 15.1. The van der Waals surface area contributed by atoms with Gasteiger partial charge in [-0.25, -0.2) is 0 Å². The Labute approximate surface area is 108 Å². The van der Waals surface area contributed by atoms with E-state index >= 15 is 0 Å². The standard InChI is InChI=1S/C16H31N/c1-3-5-7-9-14-17(16-12-11-13-16)15-10-8-6-4-2/h11-12,16H,3-10,13-15H2,1-2H3. The Bertz CT molecular complexity index is 186. The van der Waals surface area contributed by atoms with Crippen molar-refractivity contribution in [1.29, 1.82) is 0 Å². The molecule has 0 spiro atoms. The van der Waals surface area contributed by atoms with E-state index in [1.165, 1.54) is 70.9 Å². The highest BCUT2D eigenvalue weighted by Gasteiger charge is 2.18. The lowest BCUT2D eigenvalue weighted by Gasteiger charge is -2.33. The van der Waals surface area contributed by atoms with Gasteiger partial charge in [0, 0.05) is 6.04 Å². The van der Waals surface area contributed by atoms with E-state index in [-0.39, 0.29) is 0 Å². The van der Waals surface area contributed by atoms with E-state index in [0.717, 1.165) is 6.04 Å². The van der Waals surface area contributed by atoms with Crippen LogP contribution in [0.15, 0.2) is 12.2 Å². The molecule has 17 heavy (non-hydrogen) atoms. The molecule has 1 rings (SSSR count). The lowest BCUT2D eigenvalue weighted by Crippen LogP contribution is -2.38. The predicted molar refractivity (Wildman–Crippen MR) is 77.4 cm³/mol. The average Bonchev–Trinajstić information content (AvgIpc) is 2.27. The minimum atomic E-state index is 0.776. The third-order valence-corrected chi connectivity index (χ3v) is 3.80. The van der Waals surface area contributed by atoms with Gasteiger partial charge < -0.3 is 0 Å². The molecule has 1 atom stereocenters. The van der Waals surface area contributed by atoms with Crippen LogP contribution in [0.5, 0.6) is 0 Å². The van der Waals surface area contributed by atoms with Crippen LogP contribution < -0.4 is 0 Å². The normalized spacial score (nSPS) is 18.6. The van der Waals surface area contributed by atoms with Gasteiger partial charge in [-0.1, -0.05) is 64.5 Å². The fourth-order valence-electron chi connectivity index (χ4n) is 2.46. The second-order valence-corrected chi connectivity index (χ2v) is 5.39. The Balaban J connectivity index is 2.11. The monoisotopic (exact) mass is 237 g/mol. The van der Waals surface area contributed by atoms with Gasteiger partial charge in [-0.05, 0) is 32.4 Å². The van der Waals surface area contributed by atoms with Gasteiger partial charge in [0.15, 0.2) is 0 Å². The zero-order valence-electron chi connectivity index (χ0n) is 12.0. The molecule has 0 aromatic heterocycles. The number of rotatable bonds is 11. The summed E-state index contributed by atoms with van der Waals surface area (Å²) in [6, 6.07) is 0.776. The number of hydrogen-bond donors (Lipinski definition) is 0. The summed E-state index contributed by atoms with van der Waals surface area (Å²) < 4.78 is 0. The van der Waals surface area contributed by atoms with E-state index in [1.807, 2.05) is 0 Å². The Morgan fingerprint density at radius 1 is 0.882 bits per heavy atom. The zero-order valence-corrected chi connectivity index (χ0v) is 12.0. The molecule has 1 unspecified atom stereocenters. The fourth-order valence-corrected chi connectivity index (χ4v) is 2.46. The van der Waals surface area contributed by atoms with E-state index in [2.05, 4.69) is 30.9 Å². The molecule has 1 aliphatic carbocycles. The first-order valence-electron chi connectivity index (χ1n) is 7.79. The van der Waals surface area contributed by atoms with E-state index in [4.69, 9.17) is 0 Å². The summed E-state index contributed by atoms with van der Waals surface area (Å²) in [5.74, 6) is 0. The van der Waals surface area contributed by atoms with Crippen molar-refractivity contribution in [1.82, 2.24) is 4.90 Å². The maximum absolute atomic E-state index is 2.71. The lowest BCUT2D eigenvalue weighted by molar-refractivity contribution is 0.208. The Hall–Kier alpha value is -0.300. The molecule has 1 nitrogen and oxygen atoms in total. The molecule has 0 heterocycles. The molecule has 0 bridgehead atoms. The van der Waals surface area contributed by atoms with Gasteiger partial charge in [-0.15, -0.1) is 0 Å². The quantitative estimate of drug-likeness (QED) is 0.369. The summed E-state index contributed by atoms with van der Waals surface area (Å²) in [7, 11) is 0. The summed E-state index contributed by atoms with van der Waals surface area (Å²) in [5, 5.41) is 0. The van der Waals surface area contributed by atoms with Crippen LogP contribution in [0.25, 0.3) is 0 Å². The van der Waals surface area contributed by atoms with Crippen LogP contribution in [0.1, 0.15) is 71.6 Å². The molecule has 0 saturated carbocycles. The molecule has 0 N–H and O–H groups in total. The van der Waals surface area contributed by atoms with Gasteiger partial charge in [0.2, 0.25) is 0 Å². The molecular weight excluding hydrogens is 206 g/mol. The van der Waals surface area contributed by atoms with Gasteiger partial charge in [-0.3, -0.25) is 4.90 Å². The Morgan fingerprint density at radius 2 is 1.41 bits per heavy atom. The molecule has 0 saturated heterocycles. The number of hydrogen-bond acceptors (Lipinski definition) is 1. The van der Waals surface area contributed by atoms with Crippen molar-refractivity contribution in [3.05, 3.63) is 12.2 Å². The van der Waals surface area contributed by atoms with Gasteiger partial charge in [0.1, 0.15) is 0 Å². The second-order valence-electron chi connectivity index (χ2n) is 5.39. The molecule has 0 aromatic carbocycles. The van der Waals surface area contributed by atoms with Crippen molar-refractivity contribution in [2.75, 3.05) is 13.1 Å². The predicted octanol–water partition coefficient (Wildman–Crippen LogP) is 4.78. The van der Waals surface area contributed by atoms with Gasteiger partial charge in [0.25, 0.3) is 0 Å². The van der Waals surface area contributed by atoms with Crippen LogP contribution in [0.2, 0.25) is 0 Å². The molecule has 0 aromatic rings. The minimum Gasteiger partial charge on any atom is -0.297 e. The SMILES string of the molecule is CCCCCCN(CCCCCC)C1C=CC1. The first kappa shape index (κ1) is 14.8. The van der Waals surface area contributed by atoms with Crippen LogP contribution in [0.3, 0.4) is 0 Å². The van der Waals surface area contributed by atoms with Crippen molar-refractivity contribution >= 4 is 0 Å². The molecule has 1 aliphatic rings. The van der Waals surface area contributed by atoms with Gasteiger partial charge in [-0.2, -0.15) is 0 Å². The Morgan fingerprint density at radius 3 is 1.76 bits per heavy atom. The highest BCUT2D eigenvalue weighted by molar-refractivity contribution is 5.07. The minimum absolute atomic E-state index is 0.776. The zero-order chi connectivity index (χ0) is 12.3. The van der Waals surface area contributed by atoms with Crippen molar-refractivity contribution in [2.45, 2.75) is 77.7 Å². The van der Waals surface area contributed by atoms with Crippen LogP contribution in [0.4, 0.5) is 0 Å². The first-order valence-corrected chi connectivity index (χ1v) is 7.79. The number of nitrogens with zero attached hydrogens (tertiary/aromatic N) is 1. The summed E-state index contributed by atoms with van der Waals surface area (Å²) in [4.78, 5) is 2.71. The van der Waals surface area contributed by atoms with Crippen LogP contribution in [0, 0.1) is 0 Å². The van der Waals surface area contributed by atoms with Gasteiger partial charge in [0.05, 0.1) is 0 Å². The molecule has 100 valence electrons. The third-order valence-electron chi connectivity index (χ3n) is 3.80. The van der Waals surface area contributed by atoms with Crippen LogP contribution in [-0.4, -0.2) is 24.0 Å². The third kappa shape index (κ3) is 6.26. The van der Waals surface area contributed by atoms with E-state index < -0.39 is 0 Å². The van der Waals surface area contributed by atoms with Gasteiger partial charge >= 0.3 is 0 Å². The fraction of sp³-hybridized carbons (Fsp3) is 0.875. The van der Waals surface area contributed by atoms with Crippen molar-refractivity contribution in [2.24, 2.45) is 0 Å². The van der Waals surface area contributed by atoms with E-state index in [9.17, 15) is 0 Å². The maximum atomic E-state index is 2.71. The van der Waals surface area contributed by atoms with Crippen molar-refractivity contribution in [3.8, 4) is 0 Å². The molecule has 0 amide bonds. The number of unbranched alkanes of at least 4 members (excludes halogenated alkanes) is 6. The molecule has 0 radical (unpaired) electrons. The summed E-state index contributed by atoms with van der Waals surface area (Å²) in [6.45, 7) is 7.22. The topological polar surface area (TPSA) is 3.24 Å². The Kier molecular flexibility index (Phi) is 8.42. The summed E-state index contributed by atoms with van der Waals surface area (Å²) in [6.07, 6.45) is 17.1. The highest BCUT2D eigenvalue weighted by Crippen LogP contribution is 2.18. The van der Waals surface area contributed by atoms with Crippen molar-refractivity contribution < 1.29 is 0 Å². The van der Waals surface area contributed by atoms with Crippen LogP contribution in [-0.2, 0) is 0 Å². The average molecular weight is 237 g/mol. The van der Waals surface area contributed by atoms with E-state index in [0.29, 0.717) is 0 Å². The van der Waals surface area contributed by atoms with E-state index in [1.54, 1.807) is 0 Å². The molecule has 1 heteroatoms. The van der Waals surface area contributed by atoms with Crippen LogP contribution >= 0.6 is 0 Å². The first-order chi connectivity index (χ1) is 8.38. The molecular formula is C16H31N. The summed E-state index contributed by atoms with van der Waals surface area (Å²) >= 11 is 0. The largest absolute Gasteiger partial charge is 0.297 e. The maximum Gasteiger partial charge on any atom is 0.0312 e. The smallest absolute Gasteiger partial charge is 0.0312 e. The van der Waals surface area contributed by atoms with Crippen molar-refractivity contribution in [3.63, 3.8) is 0 Å². The molecule has 0 fully saturated rings. The molecule has 0 aliphatic heterocycles.